The van der Waals surface area contributed by atoms with Crippen LogP contribution in [0.1, 0.15) is 16.8 Å². The molecule has 1 aliphatic heterocycles. The van der Waals surface area contributed by atoms with Crippen molar-refractivity contribution in [1.82, 2.24) is 9.38 Å². The predicted molar refractivity (Wildman–Crippen MR) is 114 cm³/mol. The summed E-state index contributed by atoms with van der Waals surface area (Å²) in [6.07, 6.45) is 0. The Hall–Kier alpha value is -3.59. The van der Waals surface area contributed by atoms with Gasteiger partial charge in [-0.05, 0) is 43.7 Å². The van der Waals surface area contributed by atoms with Crippen molar-refractivity contribution in [3.8, 4) is 6.07 Å². The van der Waals surface area contributed by atoms with E-state index in [0.717, 1.165) is 54.2 Å². The third kappa shape index (κ3) is 2.87. The molecule has 4 heterocycles. The van der Waals surface area contributed by atoms with E-state index in [1.807, 2.05) is 25.1 Å². The van der Waals surface area contributed by atoms with E-state index in [4.69, 9.17) is 4.98 Å². The number of anilines is 2. The number of H-pyrrole nitrogens is 1. The van der Waals surface area contributed by atoms with E-state index in [-0.39, 0.29) is 0 Å². The predicted octanol–water partition coefficient (Wildman–Crippen LogP) is 3.12. The fourth-order valence-corrected chi connectivity index (χ4v) is 4.23. The molecule has 29 heavy (non-hydrogen) atoms. The third-order valence-corrected chi connectivity index (χ3v) is 5.74. The lowest BCUT2D eigenvalue weighted by Gasteiger charge is -2.33. The maximum Gasteiger partial charge on any atom is 0.274 e. The van der Waals surface area contributed by atoms with Crippen LogP contribution in [0.2, 0.25) is 0 Å². The molecule has 6 nitrogen and oxygen atoms in total. The molecule has 1 fully saturated rings. The van der Waals surface area contributed by atoms with Crippen molar-refractivity contribution in [2.75, 3.05) is 36.0 Å². The third-order valence-electron chi connectivity index (χ3n) is 5.74. The number of rotatable bonds is 2. The zero-order valence-corrected chi connectivity index (χ0v) is 16.7. The molecule has 1 N–H and O–H groups in total. The molecule has 1 saturated heterocycles. The first-order valence-electron chi connectivity index (χ1n) is 9.95. The van der Waals surface area contributed by atoms with Crippen molar-refractivity contribution in [3.63, 3.8) is 0 Å². The smallest absolute Gasteiger partial charge is 0.274 e. The molecule has 144 valence electrons. The van der Waals surface area contributed by atoms with Gasteiger partial charge in [0.15, 0.2) is 5.65 Å². The van der Waals surface area contributed by atoms with Crippen LogP contribution < -0.4 is 14.8 Å². The number of benzene rings is 1. The molecule has 5 rings (SSSR count). The van der Waals surface area contributed by atoms with Gasteiger partial charge in [-0.2, -0.15) is 5.26 Å². The summed E-state index contributed by atoms with van der Waals surface area (Å²) in [5.74, 6) is 2.27. The first kappa shape index (κ1) is 17.5. The molecule has 4 aromatic rings. The van der Waals surface area contributed by atoms with E-state index in [2.05, 4.69) is 62.5 Å². The largest absolute Gasteiger partial charge is 0.350 e. The number of pyridine rings is 2. The van der Waals surface area contributed by atoms with Gasteiger partial charge < -0.3 is 4.90 Å². The standard InChI is InChI=1S/C23H22N6/c1-16-14-22(28-12-10-27(11-13-28)21-9-5-6-17(2)25-21)29-20-8-4-3-7-19(20)26-23(29)18(16)15-24/h3-9,14H,10-13H2,1-2H3/p+1. The van der Waals surface area contributed by atoms with Gasteiger partial charge in [0.1, 0.15) is 25.0 Å². The number of para-hydroxylation sites is 2. The number of imidazole rings is 1. The highest BCUT2D eigenvalue weighted by molar-refractivity contribution is 5.85. The van der Waals surface area contributed by atoms with E-state index in [1.165, 1.54) is 11.5 Å². The van der Waals surface area contributed by atoms with Crippen molar-refractivity contribution in [2.45, 2.75) is 13.8 Å². The van der Waals surface area contributed by atoms with Crippen LogP contribution in [0.15, 0.2) is 48.5 Å². The zero-order valence-electron chi connectivity index (χ0n) is 16.7. The van der Waals surface area contributed by atoms with Gasteiger partial charge in [-0.25, -0.2) is 9.97 Å². The van der Waals surface area contributed by atoms with Crippen molar-refractivity contribution >= 4 is 28.3 Å². The lowest BCUT2D eigenvalue weighted by molar-refractivity contribution is -0.373. The normalized spacial score (nSPS) is 14.5. The first-order valence-corrected chi connectivity index (χ1v) is 9.95. The average Bonchev–Trinajstić information content (AvgIpc) is 3.12. The molecular weight excluding hydrogens is 360 g/mol. The average molecular weight is 383 g/mol. The molecule has 1 aliphatic rings. The van der Waals surface area contributed by atoms with Gasteiger partial charge in [0.25, 0.3) is 5.82 Å². The molecule has 0 unspecified atom stereocenters. The summed E-state index contributed by atoms with van der Waals surface area (Å²) in [7, 11) is 0. The van der Waals surface area contributed by atoms with Crippen molar-refractivity contribution < 1.29 is 4.98 Å². The second kappa shape index (κ2) is 6.78. The van der Waals surface area contributed by atoms with Gasteiger partial charge in [0.05, 0.1) is 35.4 Å². The Balaban J connectivity index is 1.55. The summed E-state index contributed by atoms with van der Waals surface area (Å²) in [6.45, 7) is 7.78. The molecule has 0 atom stereocenters. The number of nitrogens with zero attached hydrogens (tertiary/aromatic N) is 5. The molecular formula is C23H23N6+. The monoisotopic (exact) mass is 383 g/mol. The zero-order chi connectivity index (χ0) is 20.0. The lowest BCUT2D eigenvalue weighted by Crippen LogP contribution is -2.48. The maximum atomic E-state index is 9.70. The summed E-state index contributed by atoms with van der Waals surface area (Å²) >= 11 is 0. The van der Waals surface area contributed by atoms with Crippen LogP contribution >= 0.6 is 0 Å². The highest BCUT2D eigenvalue weighted by atomic mass is 15.3. The Kier molecular flexibility index (Phi) is 4.09. The lowest BCUT2D eigenvalue weighted by atomic mass is 10.1. The Morgan fingerprint density at radius 1 is 0.966 bits per heavy atom. The van der Waals surface area contributed by atoms with Gasteiger partial charge in [-0.15, -0.1) is 0 Å². The summed E-state index contributed by atoms with van der Waals surface area (Å²) in [5, 5.41) is 9.70. The SMILES string of the molecule is Cc1cccc(N2CCN(c3cc(C)c(C#N)c4nc5ccccc5n34)CC2)[nH+]1. The quantitative estimate of drug-likeness (QED) is 0.534. The Morgan fingerprint density at radius 2 is 1.72 bits per heavy atom. The van der Waals surface area contributed by atoms with Crippen LogP contribution in [-0.4, -0.2) is 35.6 Å². The second-order valence-electron chi connectivity index (χ2n) is 7.63. The maximum absolute atomic E-state index is 9.70. The molecule has 3 aromatic heterocycles. The number of fused-ring (bicyclic) bond motifs is 3. The van der Waals surface area contributed by atoms with Crippen LogP contribution in [0.5, 0.6) is 0 Å². The topological polar surface area (TPSA) is 61.7 Å². The summed E-state index contributed by atoms with van der Waals surface area (Å²) < 4.78 is 2.15. The number of piperazine rings is 1. The molecule has 0 saturated carbocycles. The Morgan fingerprint density at radius 3 is 2.48 bits per heavy atom. The number of aryl methyl sites for hydroxylation is 2. The van der Waals surface area contributed by atoms with E-state index < -0.39 is 0 Å². The van der Waals surface area contributed by atoms with E-state index in [0.29, 0.717) is 5.56 Å². The minimum atomic E-state index is 0.651. The molecule has 0 amide bonds. The van der Waals surface area contributed by atoms with E-state index in [1.54, 1.807) is 0 Å². The number of nitriles is 1. The molecule has 0 spiro atoms. The van der Waals surface area contributed by atoms with Crippen molar-refractivity contribution in [3.05, 3.63) is 65.4 Å². The van der Waals surface area contributed by atoms with Crippen LogP contribution in [0.25, 0.3) is 16.7 Å². The van der Waals surface area contributed by atoms with Crippen LogP contribution in [0, 0.1) is 25.2 Å². The highest BCUT2D eigenvalue weighted by Crippen LogP contribution is 2.29. The van der Waals surface area contributed by atoms with Gasteiger partial charge in [0.2, 0.25) is 0 Å². The van der Waals surface area contributed by atoms with Crippen molar-refractivity contribution in [1.29, 1.82) is 5.26 Å². The van der Waals surface area contributed by atoms with E-state index in [9.17, 15) is 5.26 Å². The van der Waals surface area contributed by atoms with Crippen LogP contribution in [0.3, 0.4) is 0 Å². The molecule has 0 aliphatic carbocycles. The molecule has 6 heteroatoms. The number of hydrogen-bond donors (Lipinski definition) is 0. The highest BCUT2D eigenvalue weighted by Gasteiger charge is 2.26. The van der Waals surface area contributed by atoms with Gasteiger partial charge in [-0.1, -0.05) is 18.2 Å². The number of nitrogens with one attached hydrogen (secondary N) is 1. The summed E-state index contributed by atoms with van der Waals surface area (Å²) in [4.78, 5) is 13.0. The first-order chi connectivity index (χ1) is 14.2. The Bertz CT molecular complexity index is 1260. The van der Waals surface area contributed by atoms with E-state index >= 15 is 0 Å². The minimum absolute atomic E-state index is 0.651. The molecule has 1 aromatic carbocycles. The number of aromatic amines is 1. The summed E-state index contributed by atoms with van der Waals surface area (Å²) in [6, 6.07) is 18.9. The molecule has 0 radical (unpaired) electrons. The van der Waals surface area contributed by atoms with Crippen LogP contribution in [0.4, 0.5) is 11.6 Å². The van der Waals surface area contributed by atoms with Crippen molar-refractivity contribution in [2.24, 2.45) is 0 Å². The van der Waals surface area contributed by atoms with Crippen LogP contribution in [-0.2, 0) is 0 Å². The van der Waals surface area contributed by atoms with Gasteiger partial charge >= 0.3 is 0 Å². The van der Waals surface area contributed by atoms with Gasteiger partial charge in [-0.3, -0.25) is 9.30 Å². The fraction of sp³-hybridized carbons (Fsp3) is 0.261. The van der Waals surface area contributed by atoms with Gasteiger partial charge in [0, 0.05) is 6.07 Å². The minimum Gasteiger partial charge on any atom is -0.350 e. The summed E-state index contributed by atoms with van der Waals surface area (Å²) in [5.41, 5.74) is 5.50. The number of hydrogen-bond acceptors (Lipinski definition) is 4. The number of aromatic nitrogens is 3. The second-order valence-corrected chi connectivity index (χ2v) is 7.63. The molecule has 0 bridgehead atoms. The Labute approximate surface area is 169 Å². The fourth-order valence-electron chi connectivity index (χ4n) is 4.23.